The molecule has 0 aliphatic carbocycles. The van der Waals surface area contributed by atoms with E-state index in [2.05, 4.69) is 0 Å². The van der Waals surface area contributed by atoms with E-state index in [1.165, 1.54) is 0 Å². The molecule has 1 aromatic rings. The molecular weight excluding hydrogens is 230 g/mol. The van der Waals surface area contributed by atoms with Crippen molar-refractivity contribution in [2.45, 2.75) is 12.5 Å². The molecule has 0 fully saturated rings. The number of halogens is 1. The van der Waals surface area contributed by atoms with Gasteiger partial charge in [-0.25, -0.2) is 0 Å². The predicted octanol–water partition coefficient (Wildman–Crippen LogP) is 1.91. The number of ether oxygens (including phenoxy) is 3. The maximum Gasteiger partial charge on any atom is 0.131 e. The second kappa shape index (κ2) is 5.27. The summed E-state index contributed by atoms with van der Waals surface area (Å²) in [5.74, 6) is 2.22. The van der Waals surface area contributed by atoms with Gasteiger partial charge in [0.15, 0.2) is 0 Å². The second-order valence-electron chi connectivity index (χ2n) is 3.49. The molecule has 0 spiro atoms. The molecule has 1 aromatic carbocycles. The fourth-order valence-electron chi connectivity index (χ4n) is 1.79. The average Bonchev–Trinajstić information content (AvgIpc) is 2.27. The van der Waals surface area contributed by atoms with Crippen LogP contribution in [-0.4, -0.2) is 20.8 Å². The second-order valence-corrected chi connectivity index (χ2v) is 3.49. The molecule has 90 valence electrons. The van der Waals surface area contributed by atoms with Gasteiger partial charge in [0.05, 0.1) is 26.4 Å². The highest BCUT2D eigenvalue weighted by atomic mass is 35.5. The van der Waals surface area contributed by atoms with Crippen LogP contribution >= 0.6 is 12.4 Å². The Bertz CT molecular complexity index is 353. The van der Waals surface area contributed by atoms with Gasteiger partial charge in [0.25, 0.3) is 0 Å². The molecule has 0 aromatic heterocycles. The van der Waals surface area contributed by atoms with Gasteiger partial charge in [-0.3, -0.25) is 0 Å². The van der Waals surface area contributed by atoms with E-state index in [0.29, 0.717) is 6.61 Å². The molecule has 16 heavy (non-hydrogen) atoms. The number of nitrogens with two attached hydrogens (primary N) is 1. The highest BCUT2D eigenvalue weighted by molar-refractivity contribution is 5.85. The van der Waals surface area contributed by atoms with Crippen molar-refractivity contribution in [2.24, 2.45) is 5.73 Å². The monoisotopic (exact) mass is 245 g/mol. The first-order chi connectivity index (χ1) is 7.26. The van der Waals surface area contributed by atoms with Gasteiger partial charge >= 0.3 is 0 Å². The standard InChI is InChI=1S/C11H15NO3.ClH/c1-13-7-5-9(14-2)11-8(12)3-4-15-10(11)6-7;/h5-6,8H,3-4,12H2,1-2H3;1H/t8-;/m1./s1. The first-order valence-electron chi connectivity index (χ1n) is 4.90. The average molecular weight is 246 g/mol. The largest absolute Gasteiger partial charge is 0.496 e. The van der Waals surface area contributed by atoms with E-state index >= 15 is 0 Å². The minimum Gasteiger partial charge on any atom is -0.496 e. The van der Waals surface area contributed by atoms with E-state index in [1.54, 1.807) is 14.2 Å². The van der Waals surface area contributed by atoms with Crippen LogP contribution in [-0.2, 0) is 0 Å². The van der Waals surface area contributed by atoms with E-state index in [4.69, 9.17) is 19.9 Å². The Morgan fingerprint density at radius 3 is 2.69 bits per heavy atom. The molecule has 1 aliphatic heterocycles. The third-order valence-electron chi connectivity index (χ3n) is 2.59. The lowest BCUT2D eigenvalue weighted by molar-refractivity contribution is 0.260. The van der Waals surface area contributed by atoms with Crippen LogP contribution < -0.4 is 19.9 Å². The molecule has 2 rings (SSSR count). The van der Waals surface area contributed by atoms with Crippen molar-refractivity contribution in [3.63, 3.8) is 0 Å². The highest BCUT2D eigenvalue weighted by Crippen LogP contribution is 2.40. The van der Waals surface area contributed by atoms with Gasteiger partial charge in [-0.1, -0.05) is 0 Å². The number of methoxy groups -OCH3 is 2. The maximum atomic E-state index is 6.01. The van der Waals surface area contributed by atoms with Crippen molar-refractivity contribution in [2.75, 3.05) is 20.8 Å². The molecular formula is C11H16ClNO3. The Morgan fingerprint density at radius 2 is 2.06 bits per heavy atom. The first kappa shape index (κ1) is 12.9. The summed E-state index contributed by atoms with van der Waals surface area (Å²) in [5.41, 5.74) is 6.95. The van der Waals surface area contributed by atoms with Crippen LogP contribution in [0.4, 0.5) is 0 Å². The smallest absolute Gasteiger partial charge is 0.131 e. The lowest BCUT2D eigenvalue weighted by Crippen LogP contribution is -2.21. The quantitative estimate of drug-likeness (QED) is 0.865. The van der Waals surface area contributed by atoms with Gasteiger partial charge < -0.3 is 19.9 Å². The van der Waals surface area contributed by atoms with Crippen LogP contribution in [0.5, 0.6) is 17.2 Å². The summed E-state index contributed by atoms with van der Waals surface area (Å²) in [4.78, 5) is 0. The maximum absolute atomic E-state index is 6.01. The zero-order chi connectivity index (χ0) is 10.8. The van der Waals surface area contributed by atoms with Crippen molar-refractivity contribution < 1.29 is 14.2 Å². The van der Waals surface area contributed by atoms with E-state index in [0.717, 1.165) is 29.2 Å². The van der Waals surface area contributed by atoms with E-state index < -0.39 is 0 Å². The molecule has 0 saturated carbocycles. The SMILES string of the molecule is COc1cc(OC)c2c(c1)OCC[C@H]2N.Cl. The van der Waals surface area contributed by atoms with Gasteiger partial charge in [-0.2, -0.15) is 0 Å². The molecule has 2 N–H and O–H groups in total. The van der Waals surface area contributed by atoms with Gasteiger partial charge in [-0.15, -0.1) is 12.4 Å². The fourth-order valence-corrected chi connectivity index (χ4v) is 1.79. The molecule has 0 unspecified atom stereocenters. The Labute approximate surface area is 101 Å². The molecule has 0 saturated heterocycles. The van der Waals surface area contributed by atoms with E-state index in [1.807, 2.05) is 12.1 Å². The molecule has 1 aliphatic rings. The minimum absolute atomic E-state index is 0. The van der Waals surface area contributed by atoms with Crippen LogP contribution in [0.3, 0.4) is 0 Å². The summed E-state index contributed by atoms with van der Waals surface area (Å²) in [7, 11) is 3.24. The summed E-state index contributed by atoms with van der Waals surface area (Å²) in [6.07, 6.45) is 0.815. The summed E-state index contributed by atoms with van der Waals surface area (Å²) in [5, 5.41) is 0. The topological polar surface area (TPSA) is 53.7 Å². The zero-order valence-electron chi connectivity index (χ0n) is 9.36. The number of hydrogen-bond donors (Lipinski definition) is 1. The normalized spacial score (nSPS) is 17.8. The van der Waals surface area contributed by atoms with Crippen LogP contribution in [0.2, 0.25) is 0 Å². The zero-order valence-corrected chi connectivity index (χ0v) is 10.2. The fraction of sp³-hybridized carbons (Fsp3) is 0.455. The van der Waals surface area contributed by atoms with Crippen molar-refractivity contribution in [1.29, 1.82) is 0 Å². The van der Waals surface area contributed by atoms with E-state index in [-0.39, 0.29) is 18.4 Å². The van der Waals surface area contributed by atoms with Crippen molar-refractivity contribution in [3.8, 4) is 17.2 Å². The Balaban J connectivity index is 0.00000128. The summed E-state index contributed by atoms with van der Waals surface area (Å²) >= 11 is 0. The number of benzene rings is 1. The van der Waals surface area contributed by atoms with Gasteiger partial charge in [0, 0.05) is 24.6 Å². The third-order valence-corrected chi connectivity index (χ3v) is 2.59. The summed E-state index contributed by atoms with van der Waals surface area (Å²) in [6.45, 7) is 0.643. The highest BCUT2D eigenvalue weighted by Gasteiger charge is 2.23. The minimum atomic E-state index is -0.0189. The van der Waals surface area contributed by atoms with Gasteiger partial charge in [0.2, 0.25) is 0 Å². The number of rotatable bonds is 2. The number of fused-ring (bicyclic) bond motifs is 1. The third kappa shape index (κ3) is 2.18. The van der Waals surface area contributed by atoms with Crippen LogP contribution in [0.25, 0.3) is 0 Å². The molecule has 0 bridgehead atoms. The molecule has 0 radical (unpaired) electrons. The first-order valence-corrected chi connectivity index (χ1v) is 4.90. The molecule has 1 heterocycles. The Kier molecular flexibility index (Phi) is 4.26. The molecule has 4 nitrogen and oxygen atoms in total. The lowest BCUT2D eigenvalue weighted by atomic mass is 10.00. The van der Waals surface area contributed by atoms with Crippen LogP contribution in [0.1, 0.15) is 18.0 Å². The summed E-state index contributed by atoms with van der Waals surface area (Å²) in [6, 6.07) is 3.65. The van der Waals surface area contributed by atoms with Gasteiger partial charge in [-0.05, 0) is 0 Å². The van der Waals surface area contributed by atoms with Crippen LogP contribution in [0, 0.1) is 0 Å². The summed E-state index contributed by atoms with van der Waals surface area (Å²) < 4.78 is 16.0. The van der Waals surface area contributed by atoms with Crippen LogP contribution in [0.15, 0.2) is 12.1 Å². The molecule has 1 atom stereocenters. The number of hydrogen-bond acceptors (Lipinski definition) is 4. The van der Waals surface area contributed by atoms with Crippen molar-refractivity contribution in [3.05, 3.63) is 17.7 Å². The van der Waals surface area contributed by atoms with E-state index in [9.17, 15) is 0 Å². The van der Waals surface area contributed by atoms with Crippen molar-refractivity contribution >= 4 is 12.4 Å². The Hall–Kier alpha value is -1.13. The molecule has 5 heteroatoms. The molecule has 0 amide bonds. The Morgan fingerprint density at radius 1 is 1.31 bits per heavy atom. The predicted molar refractivity (Wildman–Crippen MR) is 63.8 cm³/mol. The lowest BCUT2D eigenvalue weighted by Gasteiger charge is -2.25. The van der Waals surface area contributed by atoms with Crippen molar-refractivity contribution in [1.82, 2.24) is 0 Å². The van der Waals surface area contributed by atoms with Gasteiger partial charge in [0.1, 0.15) is 17.2 Å².